The van der Waals surface area contributed by atoms with E-state index in [0.29, 0.717) is 13.0 Å². The minimum absolute atomic E-state index is 0.123. The molecule has 114 valence electrons. The van der Waals surface area contributed by atoms with Crippen LogP contribution in [-0.2, 0) is 4.79 Å². The van der Waals surface area contributed by atoms with Gasteiger partial charge in [-0.05, 0) is 38.0 Å². The van der Waals surface area contributed by atoms with Gasteiger partial charge in [-0.3, -0.25) is 4.79 Å². The number of urea groups is 1. The van der Waals surface area contributed by atoms with Gasteiger partial charge >= 0.3 is 12.0 Å². The third kappa shape index (κ3) is 3.56. The van der Waals surface area contributed by atoms with Crippen molar-refractivity contribution in [2.24, 2.45) is 5.41 Å². The summed E-state index contributed by atoms with van der Waals surface area (Å²) in [4.78, 5) is 25.0. The van der Waals surface area contributed by atoms with E-state index in [4.69, 9.17) is 0 Å². The predicted octanol–water partition coefficient (Wildman–Crippen LogP) is 3.02. The van der Waals surface area contributed by atoms with Crippen molar-refractivity contribution in [1.29, 1.82) is 0 Å². The number of rotatable bonds is 3. The molecule has 21 heavy (non-hydrogen) atoms. The highest BCUT2D eigenvalue weighted by molar-refractivity contribution is 9.10. The van der Waals surface area contributed by atoms with Crippen molar-refractivity contribution in [1.82, 2.24) is 10.2 Å². The highest BCUT2D eigenvalue weighted by Gasteiger charge is 2.42. The van der Waals surface area contributed by atoms with E-state index in [1.807, 2.05) is 31.2 Å². The molecule has 2 rings (SSSR count). The number of hydrogen-bond acceptors (Lipinski definition) is 2. The first kappa shape index (κ1) is 15.8. The van der Waals surface area contributed by atoms with Crippen LogP contribution in [0.1, 0.15) is 31.9 Å². The van der Waals surface area contributed by atoms with Crippen molar-refractivity contribution in [2.75, 3.05) is 13.1 Å². The monoisotopic (exact) mass is 354 g/mol. The highest BCUT2D eigenvalue weighted by atomic mass is 79.9. The zero-order valence-electron chi connectivity index (χ0n) is 12.1. The van der Waals surface area contributed by atoms with Crippen LogP contribution in [0.3, 0.4) is 0 Å². The van der Waals surface area contributed by atoms with Crippen molar-refractivity contribution in [3.63, 3.8) is 0 Å². The number of carboxylic acid groups (broad SMARTS) is 1. The predicted molar refractivity (Wildman–Crippen MR) is 83.0 cm³/mol. The first-order valence-corrected chi connectivity index (χ1v) is 7.65. The van der Waals surface area contributed by atoms with Crippen LogP contribution < -0.4 is 5.32 Å². The van der Waals surface area contributed by atoms with Gasteiger partial charge in [0, 0.05) is 17.6 Å². The van der Waals surface area contributed by atoms with Crippen LogP contribution in [0, 0.1) is 5.41 Å². The molecule has 1 aromatic rings. The number of aliphatic carboxylic acids is 1. The molecule has 0 aromatic heterocycles. The van der Waals surface area contributed by atoms with Crippen molar-refractivity contribution >= 4 is 27.9 Å². The second-order valence-corrected chi connectivity index (χ2v) is 6.68. The fraction of sp³-hybridized carbons (Fsp3) is 0.467. The lowest BCUT2D eigenvalue weighted by molar-refractivity contribution is -0.146. The van der Waals surface area contributed by atoms with Crippen LogP contribution >= 0.6 is 15.9 Å². The van der Waals surface area contributed by atoms with E-state index in [2.05, 4.69) is 21.2 Å². The van der Waals surface area contributed by atoms with E-state index in [9.17, 15) is 14.7 Å². The zero-order valence-corrected chi connectivity index (χ0v) is 13.7. The van der Waals surface area contributed by atoms with Crippen molar-refractivity contribution in [2.45, 2.75) is 26.3 Å². The number of halogens is 1. The molecule has 6 heteroatoms. The standard InChI is InChI=1S/C15H19BrN2O3/c1-10(11-3-5-12(16)6-4-11)17-14(21)18-8-7-15(2,9-18)13(19)20/h3-6,10H,7-9H2,1-2H3,(H,17,21)(H,19,20)/t10-,15?/m0/s1. The topological polar surface area (TPSA) is 69.6 Å². The number of nitrogens with one attached hydrogen (secondary N) is 1. The maximum absolute atomic E-state index is 12.2. The van der Waals surface area contributed by atoms with Gasteiger partial charge in [-0.15, -0.1) is 0 Å². The molecule has 2 N–H and O–H groups in total. The smallest absolute Gasteiger partial charge is 0.317 e. The highest BCUT2D eigenvalue weighted by Crippen LogP contribution is 2.30. The molecule has 0 spiro atoms. The lowest BCUT2D eigenvalue weighted by atomic mass is 9.90. The Bertz CT molecular complexity index is 546. The second-order valence-electron chi connectivity index (χ2n) is 5.76. The van der Waals surface area contributed by atoms with Crippen LogP contribution in [0.5, 0.6) is 0 Å². The maximum Gasteiger partial charge on any atom is 0.317 e. The summed E-state index contributed by atoms with van der Waals surface area (Å²) in [6.07, 6.45) is 0.489. The molecule has 0 bridgehead atoms. The van der Waals surface area contributed by atoms with Gasteiger partial charge in [0.25, 0.3) is 0 Å². The summed E-state index contributed by atoms with van der Waals surface area (Å²) in [6, 6.07) is 7.41. The quantitative estimate of drug-likeness (QED) is 0.876. The van der Waals surface area contributed by atoms with Gasteiger partial charge in [0.15, 0.2) is 0 Å². The Kier molecular flexibility index (Phi) is 4.56. The van der Waals surface area contributed by atoms with E-state index in [1.165, 1.54) is 0 Å². The normalized spacial score (nSPS) is 22.9. The molecular weight excluding hydrogens is 336 g/mol. The van der Waals surface area contributed by atoms with Crippen molar-refractivity contribution in [3.8, 4) is 0 Å². The number of nitrogens with zero attached hydrogens (tertiary/aromatic N) is 1. The third-order valence-corrected chi connectivity index (χ3v) is 4.52. The van der Waals surface area contributed by atoms with Crippen LogP contribution in [-0.4, -0.2) is 35.1 Å². The van der Waals surface area contributed by atoms with Crippen LogP contribution in [0.4, 0.5) is 4.79 Å². The molecule has 1 aromatic carbocycles. The molecule has 1 saturated heterocycles. The molecule has 2 atom stereocenters. The van der Waals surface area contributed by atoms with Gasteiger partial charge in [-0.1, -0.05) is 28.1 Å². The Morgan fingerprint density at radius 2 is 2.00 bits per heavy atom. The van der Waals surface area contributed by atoms with E-state index in [-0.39, 0.29) is 18.6 Å². The summed E-state index contributed by atoms with van der Waals surface area (Å²) in [5.74, 6) is -0.848. The number of amides is 2. The van der Waals surface area contributed by atoms with E-state index < -0.39 is 11.4 Å². The van der Waals surface area contributed by atoms with Crippen LogP contribution in [0.25, 0.3) is 0 Å². The molecule has 1 heterocycles. The number of hydrogen-bond donors (Lipinski definition) is 2. The van der Waals surface area contributed by atoms with Gasteiger partial charge < -0.3 is 15.3 Å². The Hall–Kier alpha value is -1.56. The molecule has 0 saturated carbocycles. The average molecular weight is 355 g/mol. The second kappa shape index (κ2) is 6.05. The Balaban J connectivity index is 1.96. The molecule has 1 fully saturated rings. The van der Waals surface area contributed by atoms with E-state index in [0.717, 1.165) is 10.0 Å². The Morgan fingerprint density at radius 3 is 2.52 bits per heavy atom. The first-order valence-electron chi connectivity index (χ1n) is 6.86. The van der Waals surface area contributed by atoms with Gasteiger partial charge in [-0.25, -0.2) is 4.79 Å². The summed E-state index contributed by atoms with van der Waals surface area (Å²) in [5.41, 5.74) is 0.171. The van der Waals surface area contributed by atoms with Crippen molar-refractivity contribution < 1.29 is 14.7 Å². The average Bonchev–Trinajstić information content (AvgIpc) is 2.83. The lowest BCUT2D eigenvalue weighted by Crippen LogP contribution is -2.41. The number of benzene rings is 1. The number of carbonyl (C=O) groups excluding carboxylic acids is 1. The van der Waals surface area contributed by atoms with Crippen LogP contribution in [0.2, 0.25) is 0 Å². The molecule has 1 unspecified atom stereocenters. The number of carboxylic acids is 1. The van der Waals surface area contributed by atoms with Crippen molar-refractivity contribution in [3.05, 3.63) is 34.3 Å². The molecule has 2 amide bonds. The van der Waals surface area contributed by atoms with Gasteiger partial charge in [0.1, 0.15) is 0 Å². The lowest BCUT2D eigenvalue weighted by Gasteiger charge is -2.23. The summed E-state index contributed by atoms with van der Waals surface area (Å²) >= 11 is 3.37. The summed E-state index contributed by atoms with van der Waals surface area (Å²) in [7, 11) is 0. The van der Waals surface area contributed by atoms with E-state index >= 15 is 0 Å². The molecule has 0 radical (unpaired) electrons. The van der Waals surface area contributed by atoms with Crippen LogP contribution in [0.15, 0.2) is 28.7 Å². The van der Waals surface area contributed by atoms with Gasteiger partial charge in [0.2, 0.25) is 0 Å². The largest absolute Gasteiger partial charge is 0.481 e. The fourth-order valence-electron chi connectivity index (χ4n) is 2.42. The summed E-state index contributed by atoms with van der Waals surface area (Å²) in [5, 5.41) is 12.1. The molecular formula is C15H19BrN2O3. The SMILES string of the molecule is C[C@H](NC(=O)N1CCC(C)(C(=O)O)C1)c1ccc(Br)cc1. The first-order chi connectivity index (χ1) is 9.82. The molecule has 0 aliphatic carbocycles. The number of carbonyl (C=O) groups is 2. The van der Waals surface area contributed by atoms with E-state index in [1.54, 1.807) is 11.8 Å². The molecule has 1 aliphatic rings. The van der Waals surface area contributed by atoms with Gasteiger partial charge in [0.05, 0.1) is 11.5 Å². The van der Waals surface area contributed by atoms with Gasteiger partial charge in [-0.2, -0.15) is 0 Å². The Labute approximate surface area is 132 Å². The minimum Gasteiger partial charge on any atom is -0.481 e. The summed E-state index contributed by atoms with van der Waals surface area (Å²) in [6.45, 7) is 4.32. The zero-order chi connectivity index (χ0) is 15.6. The summed E-state index contributed by atoms with van der Waals surface area (Å²) < 4.78 is 0.988. The Morgan fingerprint density at radius 1 is 1.38 bits per heavy atom. The molecule has 1 aliphatic heterocycles. The fourth-order valence-corrected chi connectivity index (χ4v) is 2.68. The molecule has 5 nitrogen and oxygen atoms in total. The minimum atomic E-state index is -0.848. The third-order valence-electron chi connectivity index (χ3n) is 3.99. The maximum atomic E-state index is 12.2. The number of likely N-dealkylation sites (tertiary alicyclic amines) is 1.